The summed E-state index contributed by atoms with van der Waals surface area (Å²) in [4.78, 5) is 25.6. The van der Waals surface area contributed by atoms with E-state index in [1.54, 1.807) is 16.2 Å². The van der Waals surface area contributed by atoms with Gasteiger partial charge in [-0.25, -0.2) is 0 Å². The number of rotatable bonds is 1. The second-order valence-corrected chi connectivity index (χ2v) is 5.51. The third-order valence-electron chi connectivity index (χ3n) is 3.16. The Kier molecular flexibility index (Phi) is 4.86. The van der Waals surface area contributed by atoms with Crippen molar-refractivity contribution in [1.82, 2.24) is 11.1 Å². The largest absolute Gasteiger partial charge is 0.361 e. The highest BCUT2D eigenvalue weighted by atomic mass is 32.1. The van der Waals surface area contributed by atoms with Gasteiger partial charge in [-0.1, -0.05) is 13.0 Å². The molecule has 0 aliphatic carbocycles. The molecule has 1 aromatic heterocycles. The first-order valence-electron chi connectivity index (χ1n) is 5.73. The second kappa shape index (κ2) is 5.97. The number of amides is 2. The van der Waals surface area contributed by atoms with E-state index in [4.69, 9.17) is 5.73 Å². The summed E-state index contributed by atoms with van der Waals surface area (Å²) in [6, 6.07) is 3.99. The summed E-state index contributed by atoms with van der Waals surface area (Å²) in [7, 11) is 0. The van der Waals surface area contributed by atoms with Gasteiger partial charge in [0.05, 0.1) is 6.04 Å². The summed E-state index contributed by atoms with van der Waals surface area (Å²) in [5.41, 5.74) is 5.10. The van der Waals surface area contributed by atoms with Crippen molar-refractivity contribution in [1.29, 1.82) is 0 Å². The van der Waals surface area contributed by atoms with Crippen molar-refractivity contribution < 1.29 is 9.59 Å². The van der Waals surface area contributed by atoms with Crippen LogP contribution in [0.1, 0.15) is 30.7 Å². The molecule has 0 bridgehead atoms. The SMILES string of the molecule is CC1CCC(c2cccs2)N(C(=O)C(N)=O)C1.N. The van der Waals surface area contributed by atoms with Gasteiger partial charge in [0.25, 0.3) is 0 Å². The monoisotopic (exact) mass is 269 g/mol. The van der Waals surface area contributed by atoms with Crippen molar-refractivity contribution >= 4 is 23.2 Å². The Balaban J connectivity index is 0.00000162. The fourth-order valence-electron chi connectivity index (χ4n) is 2.30. The normalized spacial score (nSPS) is 23.3. The quantitative estimate of drug-likeness (QED) is 0.759. The molecule has 0 spiro atoms. The fraction of sp³-hybridized carbons (Fsp3) is 0.500. The summed E-state index contributed by atoms with van der Waals surface area (Å²) >= 11 is 1.62. The van der Waals surface area contributed by atoms with E-state index in [2.05, 4.69) is 6.92 Å². The maximum atomic E-state index is 11.8. The third-order valence-corrected chi connectivity index (χ3v) is 4.13. The molecule has 1 aliphatic rings. The van der Waals surface area contributed by atoms with Gasteiger partial charge in [0.15, 0.2) is 0 Å². The maximum Gasteiger partial charge on any atom is 0.312 e. The minimum Gasteiger partial charge on any atom is -0.361 e. The predicted molar refractivity (Wildman–Crippen MR) is 71.4 cm³/mol. The highest BCUT2D eigenvalue weighted by molar-refractivity contribution is 7.10. The van der Waals surface area contributed by atoms with E-state index in [9.17, 15) is 9.59 Å². The number of carbonyl (C=O) groups excluding carboxylic acids is 2. The van der Waals surface area contributed by atoms with Crippen LogP contribution in [0, 0.1) is 5.92 Å². The molecule has 2 amide bonds. The van der Waals surface area contributed by atoms with Crippen molar-refractivity contribution in [3.05, 3.63) is 22.4 Å². The molecule has 1 saturated heterocycles. The Morgan fingerprint density at radius 1 is 1.44 bits per heavy atom. The summed E-state index contributed by atoms with van der Waals surface area (Å²) in [5, 5.41) is 1.99. The Labute approximate surface area is 111 Å². The molecule has 18 heavy (non-hydrogen) atoms. The van der Waals surface area contributed by atoms with Gasteiger partial charge in [-0.2, -0.15) is 0 Å². The number of nitrogens with two attached hydrogens (primary N) is 1. The van der Waals surface area contributed by atoms with Gasteiger partial charge in [-0.3, -0.25) is 9.59 Å². The molecule has 2 rings (SSSR count). The number of primary amides is 1. The van der Waals surface area contributed by atoms with E-state index in [-0.39, 0.29) is 12.2 Å². The molecule has 1 fully saturated rings. The van der Waals surface area contributed by atoms with Crippen LogP contribution in [0.3, 0.4) is 0 Å². The molecule has 0 saturated carbocycles. The summed E-state index contributed by atoms with van der Waals surface area (Å²) in [6.45, 7) is 2.70. The van der Waals surface area contributed by atoms with E-state index >= 15 is 0 Å². The van der Waals surface area contributed by atoms with Gasteiger partial charge in [0.1, 0.15) is 0 Å². The number of carbonyl (C=O) groups is 2. The van der Waals surface area contributed by atoms with Crippen LogP contribution < -0.4 is 11.9 Å². The zero-order chi connectivity index (χ0) is 12.4. The zero-order valence-electron chi connectivity index (χ0n) is 10.5. The van der Waals surface area contributed by atoms with Gasteiger partial charge >= 0.3 is 11.8 Å². The third kappa shape index (κ3) is 2.88. The average Bonchev–Trinajstić information content (AvgIpc) is 2.81. The first kappa shape index (κ1) is 14.7. The second-order valence-electron chi connectivity index (χ2n) is 4.54. The van der Waals surface area contributed by atoms with Crippen LogP contribution in [0.2, 0.25) is 0 Å². The van der Waals surface area contributed by atoms with Gasteiger partial charge < -0.3 is 16.8 Å². The Bertz CT molecular complexity index is 419. The van der Waals surface area contributed by atoms with E-state index in [0.29, 0.717) is 12.5 Å². The number of likely N-dealkylation sites (tertiary alicyclic amines) is 1. The fourth-order valence-corrected chi connectivity index (χ4v) is 3.17. The Morgan fingerprint density at radius 2 is 2.17 bits per heavy atom. The number of thiophene rings is 1. The maximum absolute atomic E-state index is 11.8. The zero-order valence-corrected chi connectivity index (χ0v) is 11.3. The van der Waals surface area contributed by atoms with E-state index in [1.807, 2.05) is 17.5 Å². The van der Waals surface area contributed by atoms with Crippen LogP contribution in [-0.4, -0.2) is 23.3 Å². The molecule has 1 aliphatic heterocycles. The van der Waals surface area contributed by atoms with E-state index < -0.39 is 11.8 Å². The summed E-state index contributed by atoms with van der Waals surface area (Å²) < 4.78 is 0. The number of hydrogen-bond acceptors (Lipinski definition) is 4. The molecule has 100 valence electrons. The van der Waals surface area contributed by atoms with E-state index in [0.717, 1.165) is 17.7 Å². The van der Waals surface area contributed by atoms with E-state index in [1.165, 1.54) is 0 Å². The van der Waals surface area contributed by atoms with Gasteiger partial charge in [0.2, 0.25) is 0 Å². The molecule has 2 atom stereocenters. The van der Waals surface area contributed by atoms with Crippen LogP contribution in [-0.2, 0) is 9.59 Å². The summed E-state index contributed by atoms with van der Waals surface area (Å²) in [6.07, 6.45) is 1.98. The van der Waals surface area contributed by atoms with Crippen LogP contribution in [0.25, 0.3) is 0 Å². The van der Waals surface area contributed by atoms with Crippen molar-refractivity contribution in [2.75, 3.05) is 6.54 Å². The van der Waals surface area contributed by atoms with Crippen LogP contribution in [0.4, 0.5) is 0 Å². The van der Waals surface area contributed by atoms with Crippen molar-refractivity contribution in [2.24, 2.45) is 11.7 Å². The molecular formula is C12H19N3O2S. The minimum absolute atomic E-state index is 0. The number of nitrogens with zero attached hydrogens (tertiary/aromatic N) is 1. The molecule has 1 aromatic rings. The Morgan fingerprint density at radius 3 is 2.72 bits per heavy atom. The highest BCUT2D eigenvalue weighted by Crippen LogP contribution is 2.35. The molecule has 5 nitrogen and oxygen atoms in total. The van der Waals surface area contributed by atoms with Gasteiger partial charge in [-0.05, 0) is 30.2 Å². The smallest absolute Gasteiger partial charge is 0.312 e. The first-order chi connectivity index (χ1) is 8.09. The lowest BCUT2D eigenvalue weighted by Gasteiger charge is -2.37. The average molecular weight is 269 g/mol. The molecule has 0 aromatic carbocycles. The first-order valence-corrected chi connectivity index (χ1v) is 6.61. The topological polar surface area (TPSA) is 98.4 Å². The molecule has 2 unspecified atom stereocenters. The van der Waals surface area contributed by atoms with Gasteiger partial charge in [-0.15, -0.1) is 11.3 Å². The van der Waals surface area contributed by atoms with Crippen LogP contribution in [0.5, 0.6) is 0 Å². The molecule has 6 heteroatoms. The number of hydrogen-bond donors (Lipinski definition) is 2. The standard InChI is InChI=1S/C12H16N2O2S.H3N/c1-8-4-5-9(10-3-2-6-17-10)14(7-8)12(16)11(13)15;/h2-3,6,8-9H,4-5,7H2,1H3,(H2,13,15);1H3. The lowest BCUT2D eigenvalue weighted by atomic mass is 9.93. The number of piperidine rings is 1. The molecule has 0 radical (unpaired) electrons. The minimum atomic E-state index is -0.861. The molecule has 2 heterocycles. The lowest BCUT2D eigenvalue weighted by Crippen LogP contribution is -2.46. The summed E-state index contributed by atoms with van der Waals surface area (Å²) in [5.74, 6) is -0.995. The van der Waals surface area contributed by atoms with Crippen molar-refractivity contribution in [2.45, 2.75) is 25.8 Å². The van der Waals surface area contributed by atoms with Crippen molar-refractivity contribution in [3.63, 3.8) is 0 Å². The Hall–Kier alpha value is -1.40. The lowest BCUT2D eigenvalue weighted by molar-refractivity contribution is -0.147. The predicted octanol–water partition coefficient (Wildman–Crippen LogP) is 1.69. The molecular weight excluding hydrogens is 250 g/mol. The molecule has 5 N–H and O–H groups in total. The van der Waals surface area contributed by atoms with Crippen LogP contribution >= 0.6 is 11.3 Å². The van der Waals surface area contributed by atoms with Gasteiger partial charge in [0, 0.05) is 11.4 Å². The van der Waals surface area contributed by atoms with Crippen LogP contribution in [0.15, 0.2) is 17.5 Å². The highest BCUT2D eigenvalue weighted by Gasteiger charge is 2.33. The van der Waals surface area contributed by atoms with Crippen molar-refractivity contribution in [3.8, 4) is 0 Å².